The molecule has 0 aliphatic carbocycles. The van der Waals surface area contributed by atoms with Crippen LogP contribution in [-0.2, 0) is 10.2 Å². The van der Waals surface area contributed by atoms with Gasteiger partial charge in [0.1, 0.15) is 0 Å². The predicted molar refractivity (Wildman–Crippen MR) is 105 cm³/mol. The Balaban J connectivity index is 1.90. The summed E-state index contributed by atoms with van der Waals surface area (Å²) in [5.41, 5.74) is 1.36. The van der Waals surface area contributed by atoms with Crippen LogP contribution in [0.15, 0.2) is 33.7 Å². The highest BCUT2D eigenvalue weighted by atomic mass is 79.9. The van der Waals surface area contributed by atoms with E-state index in [2.05, 4.69) is 76.2 Å². The average Bonchev–Trinajstić information content (AvgIpc) is 2.57. The Bertz CT molecular complexity index is 534. The fourth-order valence-corrected chi connectivity index (χ4v) is 3.37. The van der Waals surface area contributed by atoms with Gasteiger partial charge in [0, 0.05) is 43.2 Å². The lowest BCUT2D eigenvalue weighted by Crippen LogP contribution is -2.49. The average molecular weight is 396 g/mol. The van der Waals surface area contributed by atoms with E-state index in [0.717, 1.165) is 49.5 Å². The summed E-state index contributed by atoms with van der Waals surface area (Å²) < 4.78 is 6.85. The molecule has 1 saturated heterocycles. The van der Waals surface area contributed by atoms with Crippen LogP contribution in [0.3, 0.4) is 0 Å². The maximum Gasteiger partial charge on any atom is 0.193 e. The number of guanidine groups is 1. The van der Waals surface area contributed by atoms with Crippen LogP contribution >= 0.6 is 15.9 Å². The van der Waals surface area contributed by atoms with Gasteiger partial charge in [0.05, 0.1) is 6.10 Å². The zero-order valence-corrected chi connectivity index (χ0v) is 16.9. The van der Waals surface area contributed by atoms with Crippen molar-refractivity contribution in [1.29, 1.82) is 0 Å². The number of likely N-dealkylation sites (tertiary alicyclic amines) is 1. The quantitative estimate of drug-likeness (QED) is 0.608. The summed E-state index contributed by atoms with van der Waals surface area (Å²) in [7, 11) is 1.86. The molecule has 0 radical (unpaired) electrons. The van der Waals surface area contributed by atoms with Gasteiger partial charge in [-0.3, -0.25) is 4.99 Å². The molecule has 0 amide bonds. The third kappa shape index (κ3) is 5.21. The number of nitrogens with one attached hydrogen (secondary N) is 1. The van der Waals surface area contributed by atoms with Crippen molar-refractivity contribution in [2.75, 3.05) is 33.3 Å². The minimum Gasteiger partial charge on any atom is -0.378 e. The van der Waals surface area contributed by atoms with Crippen LogP contribution in [0.2, 0.25) is 0 Å². The Morgan fingerprint density at radius 3 is 2.46 bits per heavy atom. The molecule has 1 aromatic carbocycles. The molecule has 5 heteroatoms. The van der Waals surface area contributed by atoms with E-state index in [1.807, 2.05) is 7.05 Å². The van der Waals surface area contributed by atoms with E-state index in [9.17, 15) is 0 Å². The van der Waals surface area contributed by atoms with Crippen molar-refractivity contribution in [3.63, 3.8) is 0 Å². The molecule has 1 aliphatic rings. The van der Waals surface area contributed by atoms with Crippen LogP contribution in [0.4, 0.5) is 0 Å². The summed E-state index contributed by atoms with van der Waals surface area (Å²) in [6.07, 6.45) is 2.55. The lowest BCUT2D eigenvalue weighted by Gasteiger charge is -2.35. The lowest BCUT2D eigenvalue weighted by molar-refractivity contribution is 0.0263. The van der Waals surface area contributed by atoms with E-state index in [1.54, 1.807) is 0 Å². The zero-order chi connectivity index (χ0) is 17.6. The molecule has 24 heavy (non-hydrogen) atoms. The molecule has 1 heterocycles. The van der Waals surface area contributed by atoms with E-state index in [-0.39, 0.29) is 5.41 Å². The molecule has 0 unspecified atom stereocenters. The third-order valence-electron chi connectivity index (χ3n) is 4.67. The summed E-state index contributed by atoms with van der Waals surface area (Å²) in [5.74, 6) is 0.995. The van der Waals surface area contributed by atoms with Crippen molar-refractivity contribution < 1.29 is 4.74 Å². The normalized spacial score (nSPS) is 17.2. The van der Waals surface area contributed by atoms with Gasteiger partial charge in [-0.2, -0.15) is 0 Å². The Morgan fingerprint density at radius 2 is 1.92 bits per heavy atom. The van der Waals surface area contributed by atoms with Gasteiger partial charge < -0.3 is 15.0 Å². The monoisotopic (exact) mass is 395 g/mol. The number of hydrogen-bond donors (Lipinski definition) is 1. The zero-order valence-electron chi connectivity index (χ0n) is 15.3. The van der Waals surface area contributed by atoms with E-state index >= 15 is 0 Å². The second-order valence-electron chi connectivity index (χ2n) is 6.93. The molecule has 2 rings (SSSR count). The molecule has 0 saturated carbocycles. The number of nitrogens with zero attached hydrogens (tertiary/aromatic N) is 2. The number of aliphatic imine (C=N–C) groups is 1. The molecule has 0 atom stereocenters. The van der Waals surface area contributed by atoms with Crippen molar-refractivity contribution in [3.05, 3.63) is 34.3 Å². The first-order chi connectivity index (χ1) is 11.5. The molecular weight excluding hydrogens is 366 g/mol. The SMILES string of the molecule is CCOC1CCN(C(=NC)NCC(C)(C)c2ccc(Br)cc2)CC1. The Labute approximate surface area is 154 Å². The minimum absolute atomic E-state index is 0.0419. The van der Waals surface area contributed by atoms with Gasteiger partial charge in [0.2, 0.25) is 0 Å². The summed E-state index contributed by atoms with van der Waals surface area (Å²) in [6.45, 7) is 10.3. The molecule has 4 nitrogen and oxygen atoms in total. The van der Waals surface area contributed by atoms with Crippen LogP contribution < -0.4 is 5.32 Å². The second-order valence-corrected chi connectivity index (χ2v) is 7.85. The van der Waals surface area contributed by atoms with Gasteiger partial charge in [-0.25, -0.2) is 0 Å². The number of piperidine rings is 1. The van der Waals surface area contributed by atoms with E-state index in [0.29, 0.717) is 6.10 Å². The molecule has 0 bridgehead atoms. The van der Waals surface area contributed by atoms with Gasteiger partial charge in [-0.1, -0.05) is 41.9 Å². The largest absolute Gasteiger partial charge is 0.378 e. The molecule has 1 aromatic rings. The highest BCUT2D eigenvalue weighted by Gasteiger charge is 2.24. The van der Waals surface area contributed by atoms with Crippen molar-refractivity contribution >= 4 is 21.9 Å². The topological polar surface area (TPSA) is 36.9 Å². The molecule has 134 valence electrons. The molecule has 0 spiro atoms. The van der Waals surface area contributed by atoms with Crippen LogP contribution in [0.25, 0.3) is 0 Å². The first-order valence-electron chi connectivity index (χ1n) is 8.79. The third-order valence-corrected chi connectivity index (χ3v) is 5.20. The number of halogens is 1. The van der Waals surface area contributed by atoms with Crippen molar-refractivity contribution in [1.82, 2.24) is 10.2 Å². The molecule has 1 fully saturated rings. The van der Waals surface area contributed by atoms with E-state index in [1.165, 1.54) is 5.56 Å². The fraction of sp³-hybridized carbons (Fsp3) is 0.632. The minimum atomic E-state index is 0.0419. The number of hydrogen-bond acceptors (Lipinski definition) is 2. The summed E-state index contributed by atoms with van der Waals surface area (Å²) >= 11 is 3.50. The molecular formula is C19H30BrN3O. The van der Waals surface area contributed by atoms with E-state index < -0.39 is 0 Å². The van der Waals surface area contributed by atoms with Crippen molar-refractivity contribution in [2.45, 2.75) is 45.1 Å². The highest BCUT2D eigenvalue weighted by molar-refractivity contribution is 9.10. The molecule has 1 aliphatic heterocycles. The fourth-order valence-electron chi connectivity index (χ4n) is 3.11. The number of rotatable bonds is 5. The van der Waals surface area contributed by atoms with Gasteiger partial charge in [-0.05, 0) is 37.5 Å². The van der Waals surface area contributed by atoms with E-state index in [4.69, 9.17) is 4.74 Å². The first kappa shape index (κ1) is 19.3. The van der Waals surface area contributed by atoms with Gasteiger partial charge in [0.25, 0.3) is 0 Å². The first-order valence-corrected chi connectivity index (χ1v) is 9.59. The Kier molecular flexibility index (Phi) is 7.11. The summed E-state index contributed by atoms with van der Waals surface area (Å²) in [4.78, 5) is 6.82. The smallest absolute Gasteiger partial charge is 0.193 e. The molecule has 0 aromatic heterocycles. The standard InChI is InChI=1S/C19H30BrN3O/c1-5-24-17-10-12-23(13-11-17)18(21-4)22-14-19(2,3)15-6-8-16(20)9-7-15/h6-9,17H,5,10-14H2,1-4H3,(H,21,22). The van der Waals surface area contributed by atoms with Crippen LogP contribution in [0, 0.1) is 0 Å². The van der Waals surface area contributed by atoms with Gasteiger partial charge in [-0.15, -0.1) is 0 Å². The summed E-state index contributed by atoms with van der Waals surface area (Å²) in [5, 5.41) is 3.56. The maximum absolute atomic E-state index is 5.74. The lowest BCUT2D eigenvalue weighted by atomic mass is 9.85. The van der Waals surface area contributed by atoms with Gasteiger partial charge >= 0.3 is 0 Å². The maximum atomic E-state index is 5.74. The Morgan fingerprint density at radius 1 is 1.29 bits per heavy atom. The summed E-state index contributed by atoms with van der Waals surface area (Å²) in [6, 6.07) is 8.57. The molecule has 1 N–H and O–H groups in total. The number of ether oxygens (including phenoxy) is 1. The van der Waals surface area contributed by atoms with Crippen molar-refractivity contribution in [2.24, 2.45) is 4.99 Å². The van der Waals surface area contributed by atoms with Crippen LogP contribution in [0.1, 0.15) is 39.2 Å². The predicted octanol–water partition coefficient (Wildman–Crippen LogP) is 3.80. The van der Waals surface area contributed by atoms with Crippen LogP contribution in [0.5, 0.6) is 0 Å². The highest BCUT2D eigenvalue weighted by Crippen LogP contribution is 2.24. The van der Waals surface area contributed by atoms with Crippen LogP contribution in [-0.4, -0.2) is 50.3 Å². The van der Waals surface area contributed by atoms with Crippen molar-refractivity contribution in [3.8, 4) is 0 Å². The Hall–Kier alpha value is -1.07. The second kappa shape index (κ2) is 8.86. The number of benzene rings is 1. The van der Waals surface area contributed by atoms with Gasteiger partial charge in [0.15, 0.2) is 5.96 Å².